The Morgan fingerprint density at radius 2 is 2.06 bits per heavy atom. The SMILES string of the molecule is CCNCC(Oc1ccc(OC)cc1Br)C(C)C. The molecular formula is C14H22BrNO2. The molecule has 0 saturated heterocycles. The minimum Gasteiger partial charge on any atom is -0.497 e. The van der Waals surface area contributed by atoms with Crippen molar-refractivity contribution in [2.75, 3.05) is 20.2 Å². The fraction of sp³-hybridized carbons (Fsp3) is 0.571. The molecule has 0 radical (unpaired) electrons. The van der Waals surface area contributed by atoms with Crippen molar-refractivity contribution in [1.29, 1.82) is 0 Å². The third kappa shape index (κ3) is 4.50. The first-order valence-corrected chi connectivity index (χ1v) is 7.08. The maximum atomic E-state index is 6.04. The summed E-state index contributed by atoms with van der Waals surface area (Å²) in [4.78, 5) is 0. The van der Waals surface area contributed by atoms with Crippen molar-refractivity contribution in [3.8, 4) is 11.5 Å². The van der Waals surface area contributed by atoms with E-state index in [1.165, 1.54) is 0 Å². The second kappa shape index (κ2) is 7.64. The average molecular weight is 316 g/mol. The summed E-state index contributed by atoms with van der Waals surface area (Å²) in [5, 5.41) is 3.33. The third-order valence-corrected chi connectivity index (χ3v) is 3.38. The van der Waals surface area contributed by atoms with Crippen LogP contribution in [0.25, 0.3) is 0 Å². The molecule has 18 heavy (non-hydrogen) atoms. The van der Waals surface area contributed by atoms with Gasteiger partial charge in [-0.25, -0.2) is 0 Å². The molecule has 0 bridgehead atoms. The molecule has 1 aromatic rings. The molecule has 1 N–H and O–H groups in total. The van der Waals surface area contributed by atoms with Gasteiger partial charge in [-0.1, -0.05) is 20.8 Å². The van der Waals surface area contributed by atoms with Crippen LogP contribution in [0.3, 0.4) is 0 Å². The van der Waals surface area contributed by atoms with Gasteiger partial charge in [-0.15, -0.1) is 0 Å². The summed E-state index contributed by atoms with van der Waals surface area (Å²) < 4.78 is 12.1. The number of hydrogen-bond donors (Lipinski definition) is 1. The summed E-state index contributed by atoms with van der Waals surface area (Å²) >= 11 is 3.51. The fourth-order valence-corrected chi connectivity index (χ4v) is 2.02. The summed E-state index contributed by atoms with van der Waals surface area (Å²) in [6, 6.07) is 5.76. The molecule has 1 aromatic carbocycles. The topological polar surface area (TPSA) is 30.5 Å². The highest BCUT2D eigenvalue weighted by molar-refractivity contribution is 9.10. The largest absolute Gasteiger partial charge is 0.497 e. The summed E-state index contributed by atoms with van der Waals surface area (Å²) in [5.74, 6) is 2.13. The van der Waals surface area contributed by atoms with Gasteiger partial charge >= 0.3 is 0 Å². The first-order chi connectivity index (χ1) is 8.58. The van der Waals surface area contributed by atoms with Crippen molar-refractivity contribution in [2.24, 2.45) is 5.92 Å². The van der Waals surface area contributed by atoms with Gasteiger partial charge in [0.15, 0.2) is 0 Å². The first kappa shape index (κ1) is 15.3. The number of rotatable bonds is 7. The Hall–Kier alpha value is -0.740. The second-order valence-electron chi connectivity index (χ2n) is 4.50. The first-order valence-electron chi connectivity index (χ1n) is 6.29. The van der Waals surface area contributed by atoms with Crippen LogP contribution in [0, 0.1) is 5.92 Å². The predicted octanol–water partition coefficient (Wildman–Crippen LogP) is 3.47. The lowest BCUT2D eigenvalue weighted by Crippen LogP contribution is -2.35. The number of ether oxygens (including phenoxy) is 2. The van der Waals surface area contributed by atoms with Crippen LogP contribution in [-0.2, 0) is 0 Å². The fourth-order valence-electron chi connectivity index (χ4n) is 1.57. The molecule has 1 atom stereocenters. The molecule has 1 unspecified atom stereocenters. The Labute approximate surface area is 118 Å². The standard InChI is InChI=1S/C14H22BrNO2/c1-5-16-9-14(10(2)3)18-13-7-6-11(17-4)8-12(13)15/h6-8,10,14,16H,5,9H2,1-4H3. The zero-order chi connectivity index (χ0) is 13.5. The minimum atomic E-state index is 0.162. The number of benzene rings is 1. The molecule has 0 spiro atoms. The van der Waals surface area contributed by atoms with Crippen LogP contribution in [-0.4, -0.2) is 26.3 Å². The van der Waals surface area contributed by atoms with Crippen LogP contribution in [0.15, 0.2) is 22.7 Å². The van der Waals surface area contributed by atoms with E-state index in [-0.39, 0.29) is 6.10 Å². The number of nitrogens with one attached hydrogen (secondary N) is 1. The van der Waals surface area contributed by atoms with E-state index >= 15 is 0 Å². The van der Waals surface area contributed by atoms with E-state index in [2.05, 4.69) is 42.0 Å². The van der Waals surface area contributed by atoms with Gasteiger partial charge in [-0.2, -0.15) is 0 Å². The van der Waals surface area contributed by atoms with Gasteiger partial charge in [0.05, 0.1) is 11.6 Å². The normalized spacial score (nSPS) is 12.6. The van der Waals surface area contributed by atoms with Crippen LogP contribution in [0.4, 0.5) is 0 Å². The van der Waals surface area contributed by atoms with E-state index in [0.29, 0.717) is 5.92 Å². The highest BCUT2D eigenvalue weighted by atomic mass is 79.9. The number of likely N-dealkylation sites (N-methyl/N-ethyl adjacent to an activating group) is 1. The summed E-state index contributed by atoms with van der Waals surface area (Å²) in [6.45, 7) is 8.24. The smallest absolute Gasteiger partial charge is 0.134 e. The Balaban J connectivity index is 2.74. The molecule has 1 rings (SSSR count). The molecule has 0 heterocycles. The monoisotopic (exact) mass is 315 g/mol. The van der Waals surface area contributed by atoms with Crippen LogP contribution in [0.5, 0.6) is 11.5 Å². The quantitative estimate of drug-likeness (QED) is 0.835. The average Bonchev–Trinajstić information content (AvgIpc) is 2.35. The van der Waals surface area contributed by atoms with Gasteiger partial charge in [0.1, 0.15) is 17.6 Å². The van der Waals surface area contributed by atoms with E-state index in [9.17, 15) is 0 Å². The van der Waals surface area contributed by atoms with Crippen molar-refractivity contribution >= 4 is 15.9 Å². The van der Waals surface area contributed by atoms with Crippen LogP contribution in [0.1, 0.15) is 20.8 Å². The Kier molecular flexibility index (Phi) is 6.50. The number of hydrogen-bond acceptors (Lipinski definition) is 3. The lowest BCUT2D eigenvalue weighted by Gasteiger charge is -2.23. The zero-order valence-corrected chi connectivity index (χ0v) is 13.1. The maximum absolute atomic E-state index is 6.04. The third-order valence-electron chi connectivity index (χ3n) is 2.76. The van der Waals surface area contributed by atoms with Crippen molar-refractivity contribution in [1.82, 2.24) is 5.32 Å². The summed E-state index contributed by atoms with van der Waals surface area (Å²) in [5.41, 5.74) is 0. The molecular weight excluding hydrogens is 294 g/mol. The molecule has 0 fully saturated rings. The molecule has 3 nitrogen and oxygen atoms in total. The molecule has 0 amide bonds. The molecule has 0 aliphatic heterocycles. The second-order valence-corrected chi connectivity index (χ2v) is 5.36. The summed E-state index contributed by atoms with van der Waals surface area (Å²) in [6.07, 6.45) is 0.162. The van der Waals surface area contributed by atoms with Crippen molar-refractivity contribution in [3.63, 3.8) is 0 Å². The molecule has 0 saturated carbocycles. The van der Waals surface area contributed by atoms with Crippen molar-refractivity contribution < 1.29 is 9.47 Å². The highest BCUT2D eigenvalue weighted by Gasteiger charge is 2.16. The van der Waals surface area contributed by atoms with Crippen molar-refractivity contribution in [3.05, 3.63) is 22.7 Å². The lowest BCUT2D eigenvalue weighted by atomic mass is 10.1. The van der Waals surface area contributed by atoms with Gasteiger partial charge in [0.25, 0.3) is 0 Å². The number of halogens is 1. The van der Waals surface area contributed by atoms with Crippen LogP contribution in [0.2, 0.25) is 0 Å². The highest BCUT2D eigenvalue weighted by Crippen LogP contribution is 2.30. The van der Waals surface area contributed by atoms with Gasteiger partial charge in [0.2, 0.25) is 0 Å². The van der Waals surface area contributed by atoms with E-state index in [1.807, 2.05) is 18.2 Å². The van der Waals surface area contributed by atoms with Gasteiger partial charge < -0.3 is 14.8 Å². The van der Waals surface area contributed by atoms with Gasteiger partial charge in [-0.3, -0.25) is 0 Å². The van der Waals surface area contributed by atoms with E-state index in [0.717, 1.165) is 29.1 Å². The zero-order valence-electron chi connectivity index (χ0n) is 11.5. The lowest BCUT2D eigenvalue weighted by molar-refractivity contribution is 0.148. The van der Waals surface area contributed by atoms with Crippen molar-refractivity contribution in [2.45, 2.75) is 26.9 Å². The Morgan fingerprint density at radius 3 is 2.56 bits per heavy atom. The maximum Gasteiger partial charge on any atom is 0.134 e. The molecule has 0 aliphatic carbocycles. The molecule has 0 aromatic heterocycles. The minimum absolute atomic E-state index is 0.162. The van der Waals surface area contributed by atoms with E-state index in [4.69, 9.17) is 9.47 Å². The molecule has 4 heteroatoms. The number of methoxy groups -OCH3 is 1. The Morgan fingerprint density at radius 1 is 1.33 bits per heavy atom. The molecule has 102 valence electrons. The van der Waals surface area contributed by atoms with Crippen LogP contribution < -0.4 is 14.8 Å². The molecule has 0 aliphatic rings. The van der Waals surface area contributed by atoms with E-state index < -0.39 is 0 Å². The van der Waals surface area contributed by atoms with E-state index in [1.54, 1.807) is 7.11 Å². The Bertz CT molecular complexity index is 369. The van der Waals surface area contributed by atoms with Crippen LogP contribution >= 0.6 is 15.9 Å². The van der Waals surface area contributed by atoms with Gasteiger partial charge in [0, 0.05) is 6.54 Å². The van der Waals surface area contributed by atoms with Gasteiger partial charge in [-0.05, 0) is 46.6 Å². The summed E-state index contributed by atoms with van der Waals surface area (Å²) in [7, 11) is 1.66. The predicted molar refractivity (Wildman–Crippen MR) is 78.5 cm³/mol.